The molecule has 0 saturated heterocycles. The SMILES string of the molecule is CC(C)C(C)NC1C2CCC(C2)C1C(=O)O. The molecule has 0 aliphatic heterocycles. The van der Waals surface area contributed by atoms with Crippen molar-refractivity contribution in [1.82, 2.24) is 5.32 Å². The summed E-state index contributed by atoms with van der Waals surface area (Å²) in [7, 11) is 0. The molecule has 0 amide bonds. The molecule has 2 aliphatic carbocycles. The maximum absolute atomic E-state index is 11.3. The van der Waals surface area contributed by atoms with E-state index >= 15 is 0 Å². The lowest BCUT2D eigenvalue weighted by Gasteiger charge is -2.32. The van der Waals surface area contributed by atoms with Crippen LogP contribution in [0.4, 0.5) is 0 Å². The molecule has 0 aromatic carbocycles. The fraction of sp³-hybridized carbons (Fsp3) is 0.923. The highest BCUT2D eigenvalue weighted by Crippen LogP contribution is 2.48. The Morgan fingerprint density at radius 1 is 1.25 bits per heavy atom. The van der Waals surface area contributed by atoms with Gasteiger partial charge in [0, 0.05) is 12.1 Å². The first-order chi connectivity index (χ1) is 7.50. The first-order valence-electron chi connectivity index (χ1n) is 6.49. The van der Waals surface area contributed by atoms with Crippen LogP contribution in [0.25, 0.3) is 0 Å². The second-order valence-electron chi connectivity index (χ2n) is 5.92. The first-order valence-corrected chi connectivity index (χ1v) is 6.49. The lowest BCUT2D eigenvalue weighted by Crippen LogP contribution is -2.49. The van der Waals surface area contributed by atoms with E-state index < -0.39 is 5.97 Å². The molecule has 3 heteroatoms. The summed E-state index contributed by atoms with van der Waals surface area (Å²) in [5.74, 6) is 0.862. The van der Waals surface area contributed by atoms with Gasteiger partial charge in [-0.2, -0.15) is 0 Å². The van der Waals surface area contributed by atoms with Crippen LogP contribution in [0.5, 0.6) is 0 Å². The van der Waals surface area contributed by atoms with Crippen LogP contribution in [0.3, 0.4) is 0 Å². The summed E-state index contributed by atoms with van der Waals surface area (Å²) < 4.78 is 0. The van der Waals surface area contributed by atoms with E-state index in [-0.39, 0.29) is 12.0 Å². The zero-order chi connectivity index (χ0) is 11.9. The Hall–Kier alpha value is -0.570. The summed E-state index contributed by atoms with van der Waals surface area (Å²) in [5.41, 5.74) is 0. The van der Waals surface area contributed by atoms with Gasteiger partial charge in [-0.15, -0.1) is 0 Å². The van der Waals surface area contributed by atoms with Gasteiger partial charge in [0.2, 0.25) is 0 Å². The Kier molecular flexibility index (Phi) is 3.24. The molecule has 0 radical (unpaired) electrons. The van der Waals surface area contributed by atoms with E-state index in [1.807, 2.05) is 0 Å². The second kappa shape index (κ2) is 4.36. The van der Waals surface area contributed by atoms with E-state index in [0.29, 0.717) is 23.8 Å². The number of carboxylic acid groups (broad SMARTS) is 1. The van der Waals surface area contributed by atoms with Crippen LogP contribution >= 0.6 is 0 Å². The van der Waals surface area contributed by atoms with Gasteiger partial charge in [-0.05, 0) is 43.9 Å². The Morgan fingerprint density at radius 3 is 2.44 bits per heavy atom. The Bertz CT molecular complexity index is 277. The van der Waals surface area contributed by atoms with E-state index in [1.54, 1.807) is 0 Å². The average Bonchev–Trinajstić information content (AvgIpc) is 2.76. The highest BCUT2D eigenvalue weighted by molar-refractivity contribution is 5.72. The van der Waals surface area contributed by atoms with Crippen LogP contribution in [0.1, 0.15) is 40.0 Å². The Labute approximate surface area is 97.6 Å². The summed E-state index contributed by atoms with van der Waals surface area (Å²) in [5, 5.41) is 12.9. The van der Waals surface area contributed by atoms with Gasteiger partial charge in [0.25, 0.3) is 0 Å². The average molecular weight is 225 g/mol. The smallest absolute Gasteiger partial charge is 0.308 e. The van der Waals surface area contributed by atoms with Crippen LogP contribution in [0, 0.1) is 23.7 Å². The molecule has 2 aliphatic rings. The van der Waals surface area contributed by atoms with Crippen LogP contribution in [0.2, 0.25) is 0 Å². The molecule has 2 N–H and O–H groups in total. The minimum absolute atomic E-state index is 0.139. The molecule has 2 saturated carbocycles. The van der Waals surface area contributed by atoms with Crippen molar-refractivity contribution in [2.75, 3.05) is 0 Å². The molecule has 5 unspecified atom stereocenters. The van der Waals surface area contributed by atoms with Gasteiger partial charge in [0.05, 0.1) is 5.92 Å². The number of hydrogen-bond acceptors (Lipinski definition) is 2. The summed E-state index contributed by atoms with van der Waals surface area (Å²) in [4.78, 5) is 11.3. The maximum Gasteiger partial charge on any atom is 0.308 e. The van der Waals surface area contributed by atoms with Crippen LogP contribution < -0.4 is 5.32 Å². The number of carboxylic acids is 1. The molecule has 0 heterocycles. The van der Waals surface area contributed by atoms with Crippen LogP contribution in [0.15, 0.2) is 0 Å². The summed E-state index contributed by atoms with van der Waals surface area (Å²) in [6.45, 7) is 6.52. The van der Waals surface area contributed by atoms with Crippen molar-refractivity contribution in [3.63, 3.8) is 0 Å². The van der Waals surface area contributed by atoms with Crippen molar-refractivity contribution in [2.24, 2.45) is 23.7 Å². The minimum Gasteiger partial charge on any atom is -0.481 e. The number of hydrogen-bond donors (Lipinski definition) is 2. The molecule has 16 heavy (non-hydrogen) atoms. The van der Waals surface area contributed by atoms with Crippen LogP contribution in [-0.4, -0.2) is 23.2 Å². The summed E-state index contributed by atoms with van der Waals surface area (Å²) in [6.07, 6.45) is 3.46. The van der Waals surface area contributed by atoms with Gasteiger partial charge in [0.15, 0.2) is 0 Å². The molecule has 2 rings (SSSR count). The standard InChI is InChI=1S/C13H23NO2/c1-7(2)8(3)14-12-10-5-4-9(6-10)11(12)13(15)16/h7-12,14H,4-6H2,1-3H3,(H,15,16). The molecule has 92 valence electrons. The van der Waals surface area contributed by atoms with E-state index in [2.05, 4.69) is 26.1 Å². The number of carbonyl (C=O) groups is 1. The van der Waals surface area contributed by atoms with Crippen molar-refractivity contribution in [1.29, 1.82) is 0 Å². The topological polar surface area (TPSA) is 49.3 Å². The van der Waals surface area contributed by atoms with Crippen molar-refractivity contribution in [3.8, 4) is 0 Å². The number of nitrogens with one attached hydrogen (secondary N) is 1. The van der Waals surface area contributed by atoms with Crippen molar-refractivity contribution < 1.29 is 9.90 Å². The zero-order valence-electron chi connectivity index (χ0n) is 10.4. The predicted octanol–water partition coefficient (Wildman–Crippen LogP) is 2.12. The third kappa shape index (κ3) is 1.97. The monoisotopic (exact) mass is 225 g/mol. The molecule has 5 atom stereocenters. The summed E-state index contributed by atoms with van der Waals surface area (Å²) in [6, 6.07) is 0.625. The van der Waals surface area contributed by atoms with E-state index in [1.165, 1.54) is 6.42 Å². The van der Waals surface area contributed by atoms with Gasteiger partial charge in [-0.1, -0.05) is 13.8 Å². The number of rotatable bonds is 4. The second-order valence-corrected chi connectivity index (χ2v) is 5.92. The fourth-order valence-corrected chi connectivity index (χ4v) is 3.38. The van der Waals surface area contributed by atoms with Crippen molar-refractivity contribution in [2.45, 2.75) is 52.1 Å². The third-order valence-electron chi connectivity index (χ3n) is 4.66. The highest BCUT2D eigenvalue weighted by atomic mass is 16.4. The first kappa shape index (κ1) is 11.9. The largest absolute Gasteiger partial charge is 0.481 e. The third-order valence-corrected chi connectivity index (χ3v) is 4.66. The van der Waals surface area contributed by atoms with Gasteiger partial charge in [-0.3, -0.25) is 4.79 Å². The predicted molar refractivity (Wildman–Crippen MR) is 63.2 cm³/mol. The quantitative estimate of drug-likeness (QED) is 0.770. The van der Waals surface area contributed by atoms with E-state index in [9.17, 15) is 9.90 Å². The van der Waals surface area contributed by atoms with Gasteiger partial charge in [-0.25, -0.2) is 0 Å². The van der Waals surface area contributed by atoms with Gasteiger partial charge in [0.1, 0.15) is 0 Å². The van der Waals surface area contributed by atoms with Crippen molar-refractivity contribution >= 4 is 5.97 Å². The molecular weight excluding hydrogens is 202 g/mol. The fourth-order valence-electron chi connectivity index (χ4n) is 3.38. The van der Waals surface area contributed by atoms with E-state index in [0.717, 1.165) is 12.8 Å². The molecule has 2 bridgehead atoms. The van der Waals surface area contributed by atoms with Crippen molar-refractivity contribution in [3.05, 3.63) is 0 Å². The zero-order valence-corrected chi connectivity index (χ0v) is 10.4. The van der Waals surface area contributed by atoms with Gasteiger partial charge >= 0.3 is 5.97 Å². The lowest BCUT2D eigenvalue weighted by atomic mass is 9.83. The minimum atomic E-state index is -0.597. The Balaban J connectivity index is 2.04. The molecule has 0 aromatic heterocycles. The summed E-state index contributed by atoms with van der Waals surface area (Å²) >= 11 is 0. The highest BCUT2D eigenvalue weighted by Gasteiger charge is 2.51. The van der Waals surface area contributed by atoms with Gasteiger partial charge < -0.3 is 10.4 Å². The maximum atomic E-state index is 11.3. The lowest BCUT2D eigenvalue weighted by molar-refractivity contribution is -0.144. The molecule has 0 spiro atoms. The number of fused-ring (bicyclic) bond motifs is 2. The number of aliphatic carboxylic acids is 1. The molecular formula is C13H23NO2. The molecule has 0 aromatic rings. The molecule has 3 nitrogen and oxygen atoms in total. The Morgan fingerprint density at radius 2 is 1.88 bits per heavy atom. The molecule has 2 fully saturated rings. The van der Waals surface area contributed by atoms with E-state index in [4.69, 9.17) is 0 Å². The van der Waals surface area contributed by atoms with Crippen LogP contribution in [-0.2, 0) is 4.79 Å². The normalized spacial score (nSPS) is 39.2.